The number of carbonyl (C=O) groups excluding carboxylic acids is 1. The first-order valence-corrected chi connectivity index (χ1v) is 5.38. The predicted octanol–water partition coefficient (Wildman–Crippen LogP) is 1.05. The topological polar surface area (TPSA) is 57.5 Å². The van der Waals surface area contributed by atoms with Gasteiger partial charge in [-0.2, -0.15) is 0 Å². The van der Waals surface area contributed by atoms with Crippen LogP contribution in [0.3, 0.4) is 0 Å². The Kier molecular flexibility index (Phi) is 3.57. The monoisotopic (exact) mass is 222 g/mol. The first-order valence-electron chi connectivity index (χ1n) is 5.38. The molecule has 0 heterocycles. The summed E-state index contributed by atoms with van der Waals surface area (Å²) >= 11 is 0. The molecule has 0 fully saturated rings. The van der Waals surface area contributed by atoms with E-state index in [1.807, 2.05) is 13.8 Å². The molecule has 16 heavy (non-hydrogen) atoms. The number of hydrogen-bond donors (Lipinski definition) is 2. The van der Waals surface area contributed by atoms with Gasteiger partial charge in [0.25, 0.3) is 0 Å². The lowest BCUT2D eigenvalue weighted by Crippen LogP contribution is -2.48. The fraction of sp³-hybridized carbons (Fsp3) is 0.615. The van der Waals surface area contributed by atoms with Gasteiger partial charge in [0, 0.05) is 18.3 Å². The van der Waals surface area contributed by atoms with Crippen LogP contribution in [0.25, 0.3) is 0 Å². The van der Waals surface area contributed by atoms with E-state index in [1.54, 1.807) is 6.92 Å². The average Bonchev–Trinajstić information content (AvgIpc) is 2.14. The van der Waals surface area contributed by atoms with Crippen LogP contribution in [0.1, 0.15) is 33.6 Å². The van der Waals surface area contributed by atoms with Crippen LogP contribution in [0.5, 0.6) is 0 Å². The smallest absolute Gasteiger partial charge is 0.156 e. The molecule has 0 aliphatic heterocycles. The molecule has 1 aliphatic rings. The van der Waals surface area contributed by atoms with Crippen molar-refractivity contribution in [3.8, 4) is 11.8 Å². The lowest BCUT2D eigenvalue weighted by Gasteiger charge is -2.42. The molecule has 0 radical (unpaired) electrons. The van der Waals surface area contributed by atoms with Crippen LogP contribution in [0.2, 0.25) is 0 Å². The standard InChI is InChI=1S/C13H18O3/c1-10-8-11(15)9-12(2,3)13(10,16)6-4-5-7-14/h8,14,16H,5,7,9H2,1-3H3. The van der Waals surface area contributed by atoms with Gasteiger partial charge >= 0.3 is 0 Å². The van der Waals surface area contributed by atoms with Crippen molar-refractivity contribution in [3.05, 3.63) is 11.6 Å². The maximum Gasteiger partial charge on any atom is 0.156 e. The Balaban J connectivity index is 3.13. The molecule has 0 aromatic carbocycles. The zero-order chi connectivity index (χ0) is 12.4. The minimum atomic E-state index is -1.27. The maximum absolute atomic E-state index is 11.4. The number of aliphatic hydroxyl groups excluding tert-OH is 1. The van der Waals surface area contributed by atoms with Gasteiger partial charge in [0.15, 0.2) is 11.4 Å². The normalized spacial score (nSPS) is 28.1. The van der Waals surface area contributed by atoms with Gasteiger partial charge in [-0.05, 0) is 18.6 Å². The molecule has 1 unspecified atom stereocenters. The van der Waals surface area contributed by atoms with Gasteiger partial charge in [0.1, 0.15) is 0 Å². The fourth-order valence-electron chi connectivity index (χ4n) is 2.01. The maximum atomic E-state index is 11.4. The third-order valence-corrected chi connectivity index (χ3v) is 3.05. The summed E-state index contributed by atoms with van der Waals surface area (Å²) in [7, 11) is 0. The molecular weight excluding hydrogens is 204 g/mol. The lowest BCUT2D eigenvalue weighted by atomic mass is 9.65. The lowest BCUT2D eigenvalue weighted by molar-refractivity contribution is -0.121. The summed E-state index contributed by atoms with van der Waals surface area (Å²) in [5, 5.41) is 19.2. The van der Waals surface area contributed by atoms with Gasteiger partial charge in [-0.15, -0.1) is 0 Å². The Labute approximate surface area is 96.2 Å². The summed E-state index contributed by atoms with van der Waals surface area (Å²) < 4.78 is 0. The second-order valence-corrected chi connectivity index (χ2v) is 4.84. The van der Waals surface area contributed by atoms with Gasteiger partial charge in [0.05, 0.1) is 6.61 Å². The van der Waals surface area contributed by atoms with Crippen molar-refractivity contribution in [2.75, 3.05) is 6.61 Å². The summed E-state index contributed by atoms with van der Waals surface area (Å²) in [5.74, 6) is 5.55. The van der Waals surface area contributed by atoms with E-state index in [2.05, 4.69) is 11.8 Å². The first-order chi connectivity index (χ1) is 7.33. The highest BCUT2D eigenvalue weighted by atomic mass is 16.3. The van der Waals surface area contributed by atoms with Crippen molar-refractivity contribution in [3.63, 3.8) is 0 Å². The summed E-state index contributed by atoms with van der Waals surface area (Å²) in [6.45, 7) is 5.35. The molecule has 0 bridgehead atoms. The van der Waals surface area contributed by atoms with Gasteiger partial charge in [-0.1, -0.05) is 25.7 Å². The van der Waals surface area contributed by atoms with Crippen LogP contribution >= 0.6 is 0 Å². The molecule has 0 aromatic heterocycles. The molecule has 3 nitrogen and oxygen atoms in total. The molecular formula is C13H18O3. The molecule has 0 spiro atoms. The minimum Gasteiger partial charge on any atom is -0.395 e. The number of rotatable bonds is 1. The Morgan fingerprint density at radius 3 is 2.62 bits per heavy atom. The molecule has 1 atom stereocenters. The van der Waals surface area contributed by atoms with Crippen molar-refractivity contribution < 1.29 is 15.0 Å². The van der Waals surface area contributed by atoms with Gasteiger partial charge in [-0.3, -0.25) is 4.79 Å². The minimum absolute atomic E-state index is 0.0226. The van der Waals surface area contributed by atoms with Gasteiger partial charge in [0.2, 0.25) is 0 Å². The Bertz CT molecular complexity index is 382. The number of hydrogen-bond acceptors (Lipinski definition) is 3. The van der Waals surface area contributed by atoms with Crippen LogP contribution in [0, 0.1) is 17.3 Å². The molecule has 0 saturated carbocycles. The van der Waals surface area contributed by atoms with E-state index in [9.17, 15) is 9.90 Å². The highest BCUT2D eigenvalue weighted by Gasteiger charge is 2.47. The van der Waals surface area contributed by atoms with Crippen LogP contribution < -0.4 is 0 Å². The Morgan fingerprint density at radius 2 is 2.12 bits per heavy atom. The zero-order valence-electron chi connectivity index (χ0n) is 10.0. The molecule has 0 saturated heterocycles. The summed E-state index contributed by atoms with van der Waals surface area (Å²) in [5.41, 5.74) is -1.28. The van der Waals surface area contributed by atoms with E-state index in [1.165, 1.54) is 6.08 Å². The van der Waals surface area contributed by atoms with Crippen molar-refractivity contribution in [1.29, 1.82) is 0 Å². The largest absolute Gasteiger partial charge is 0.395 e. The molecule has 0 amide bonds. The van der Waals surface area contributed by atoms with Gasteiger partial charge in [-0.25, -0.2) is 0 Å². The van der Waals surface area contributed by atoms with E-state index < -0.39 is 11.0 Å². The second kappa shape index (κ2) is 4.40. The van der Waals surface area contributed by atoms with Crippen molar-refractivity contribution >= 4 is 5.78 Å². The summed E-state index contributed by atoms with van der Waals surface area (Å²) in [6.07, 6.45) is 2.08. The molecule has 0 aromatic rings. The average molecular weight is 222 g/mol. The summed E-state index contributed by atoms with van der Waals surface area (Å²) in [6, 6.07) is 0. The third-order valence-electron chi connectivity index (χ3n) is 3.05. The fourth-order valence-corrected chi connectivity index (χ4v) is 2.01. The highest BCUT2D eigenvalue weighted by molar-refractivity contribution is 5.93. The SMILES string of the molecule is CC1=CC(=O)CC(C)(C)C1(O)C#CCCO. The predicted molar refractivity (Wildman–Crippen MR) is 61.6 cm³/mol. The second-order valence-electron chi connectivity index (χ2n) is 4.84. The van der Waals surface area contributed by atoms with E-state index in [0.29, 0.717) is 12.0 Å². The van der Waals surface area contributed by atoms with E-state index >= 15 is 0 Å². The van der Waals surface area contributed by atoms with E-state index in [4.69, 9.17) is 5.11 Å². The molecule has 88 valence electrons. The molecule has 2 N–H and O–H groups in total. The number of ketones is 1. The number of aliphatic hydroxyl groups is 2. The van der Waals surface area contributed by atoms with Crippen LogP contribution in [-0.2, 0) is 4.79 Å². The van der Waals surface area contributed by atoms with Crippen LogP contribution in [0.15, 0.2) is 11.6 Å². The number of carbonyl (C=O) groups is 1. The Morgan fingerprint density at radius 1 is 1.50 bits per heavy atom. The molecule has 1 rings (SSSR count). The molecule has 3 heteroatoms. The quantitative estimate of drug-likeness (QED) is 0.652. The van der Waals surface area contributed by atoms with Crippen molar-refractivity contribution in [2.45, 2.75) is 39.2 Å². The Hall–Kier alpha value is -1.11. The van der Waals surface area contributed by atoms with E-state index in [-0.39, 0.29) is 18.8 Å². The van der Waals surface area contributed by atoms with Crippen molar-refractivity contribution in [2.24, 2.45) is 5.41 Å². The summed E-state index contributed by atoms with van der Waals surface area (Å²) in [4.78, 5) is 11.4. The number of allylic oxidation sites excluding steroid dienone is 1. The van der Waals surface area contributed by atoms with Crippen LogP contribution in [-0.4, -0.2) is 28.2 Å². The molecule has 1 aliphatic carbocycles. The highest BCUT2D eigenvalue weighted by Crippen LogP contribution is 2.42. The van der Waals surface area contributed by atoms with E-state index in [0.717, 1.165) is 0 Å². The third kappa shape index (κ3) is 2.18. The first kappa shape index (κ1) is 13.0. The van der Waals surface area contributed by atoms with Crippen LogP contribution in [0.4, 0.5) is 0 Å². The zero-order valence-corrected chi connectivity index (χ0v) is 10.0. The van der Waals surface area contributed by atoms with Crippen molar-refractivity contribution in [1.82, 2.24) is 0 Å². The van der Waals surface area contributed by atoms with Gasteiger partial charge < -0.3 is 10.2 Å².